The zero-order valence-electron chi connectivity index (χ0n) is 11.0. The molecule has 0 bridgehead atoms. The first-order chi connectivity index (χ1) is 9.24. The first kappa shape index (κ1) is 10.6. The Morgan fingerprint density at radius 3 is 3.00 bits per heavy atom. The third-order valence-electron chi connectivity index (χ3n) is 3.75. The molecule has 0 aliphatic carbocycles. The highest BCUT2D eigenvalue weighted by Crippen LogP contribution is 2.25. The van der Waals surface area contributed by atoms with Gasteiger partial charge in [-0.3, -0.25) is 0 Å². The molecule has 1 aliphatic heterocycles. The number of nitrogens with zero attached hydrogens (tertiary/aromatic N) is 4. The van der Waals surface area contributed by atoms with Crippen molar-refractivity contribution in [1.29, 1.82) is 0 Å². The van der Waals surface area contributed by atoms with Gasteiger partial charge in [-0.05, 0) is 24.6 Å². The van der Waals surface area contributed by atoms with E-state index in [4.69, 9.17) is 4.98 Å². The lowest BCUT2D eigenvalue weighted by Gasteiger charge is -2.05. The van der Waals surface area contributed by atoms with E-state index in [9.17, 15) is 0 Å². The topological polar surface area (TPSA) is 26.6 Å². The summed E-state index contributed by atoms with van der Waals surface area (Å²) in [5.74, 6) is 1.13. The molecule has 4 nitrogen and oxygen atoms in total. The third kappa shape index (κ3) is 1.40. The number of aromatic nitrogens is 4. The summed E-state index contributed by atoms with van der Waals surface area (Å²) >= 11 is 0. The van der Waals surface area contributed by atoms with E-state index in [1.165, 1.54) is 16.8 Å². The zero-order valence-corrected chi connectivity index (χ0v) is 11.0. The highest BCUT2D eigenvalue weighted by molar-refractivity contribution is 5.82. The van der Waals surface area contributed by atoms with E-state index < -0.39 is 0 Å². The number of benzene rings is 1. The van der Waals surface area contributed by atoms with Gasteiger partial charge >= 0.3 is 0 Å². The van der Waals surface area contributed by atoms with Gasteiger partial charge in [0, 0.05) is 18.7 Å². The van der Waals surface area contributed by atoms with Crippen LogP contribution in [0.25, 0.3) is 22.9 Å². The second-order valence-corrected chi connectivity index (χ2v) is 5.02. The van der Waals surface area contributed by atoms with Crippen molar-refractivity contribution in [3.63, 3.8) is 0 Å². The lowest BCUT2D eigenvalue weighted by molar-refractivity contribution is -0.744. The Balaban J connectivity index is 2.02. The average Bonchev–Trinajstić information content (AvgIpc) is 3.04. The van der Waals surface area contributed by atoms with Crippen LogP contribution in [0.4, 0.5) is 0 Å². The average molecular weight is 251 g/mol. The molecule has 3 heterocycles. The molecule has 0 saturated carbocycles. The summed E-state index contributed by atoms with van der Waals surface area (Å²) in [5, 5.41) is 0. The van der Waals surface area contributed by atoms with Crippen LogP contribution in [0, 0.1) is 6.92 Å². The smallest absolute Gasteiger partial charge is 0.195 e. The Kier molecular flexibility index (Phi) is 1.98. The van der Waals surface area contributed by atoms with Gasteiger partial charge in [0.2, 0.25) is 0 Å². The fraction of sp³-hybridized carbons (Fsp3) is 0.200. The summed E-state index contributed by atoms with van der Waals surface area (Å²) in [6.07, 6.45) is 9.30. The summed E-state index contributed by atoms with van der Waals surface area (Å²) in [6.45, 7) is 2.15. The lowest BCUT2D eigenvalue weighted by Crippen LogP contribution is -2.36. The van der Waals surface area contributed by atoms with Crippen LogP contribution in [0.5, 0.6) is 0 Å². The van der Waals surface area contributed by atoms with Gasteiger partial charge < -0.3 is 4.57 Å². The van der Waals surface area contributed by atoms with Crippen molar-refractivity contribution in [2.75, 3.05) is 0 Å². The monoisotopic (exact) mass is 251 g/mol. The predicted molar refractivity (Wildman–Crippen MR) is 74.0 cm³/mol. The summed E-state index contributed by atoms with van der Waals surface area (Å²) in [4.78, 5) is 4.71. The molecule has 94 valence electrons. The second-order valence-electron chi connectivity index (χ2n) is 5.02. The Morgan fingerprint density at radius 2 is 2.21 bits per heavy atom. The van der Waals surface area contributed by atoms with Crippen molar-refractivity contribution in [2.45, 2.75) is 13.3 Å². The molecule has 0 spiro atoms. The van der Waals surface area contributed by atoms with Gasteiger partial charge in [0.25, 0.3) is 0 Å². The largest absolute Gasteiger partial charge is 0.303 e. The van der Waals surface area contributed by atoms with Crippen molar-refractivity contribution in [3.05, 3.63) is 48.1 Å². The molecule has 0 saturated heterocycles. The van der Waals surface area contributed by atoms with E-state index in [-0.39, 0.29) is 0 Å². The van der Waals surface area contributed by atoms with Gasteiger partial charge in [-0.25, -0.2) is 4.98 Å². The molecule has 0 radical (unpaired) electrons. The van der Waals surface area contributed by atoms with Crippen LogP contribution in [0.1, 0.15) is 11.4 Å². The fourth-order valence-corrected chi connectivity index (χ4v) is 2.78. The van der Waals surface area contributed by atoms with Gasteiger partial charge in [0.05, 0.1) is 17.2 Å². The minimum Gasteiger partial charge on any atom is -0.303 e. The second kappa shape index (κ2) is 3.57. The van der Waals surface area contributed by atoms with Crippen molar-refractivity contribution in [1.82, 2.24) is 14.2 Å². The van der Waals surface area contributed by atoms with Gasteiger partial charge in [0.1, 0.15) is 11.5 Å². The van der Waals surface area contributed by atoms with Crippen LogP contribution in [-0.4, -0.2) is 14.2 Å². The van der Waals surface area contributed by atoms with Crippen LogP contribution in [0.2, 0.25) is 0 Å². The van der Waals surface area contributed by atoms with E-state index in [0.717, 1.165) is 17.8 Å². The number of allylic oxidation sites excluding steroid dienone is 1. The molecule has 0 unspecified atom stereocenters. The number of hydrogen-bond acceptors (Lipinski definition) is 1. The highest BCUT2D eigenvalue weighted by atomic mass is 15.4. The maximum absolute atomic E-state index is 4.71. The van der Waals surface area contributed by atoms with Crippen molar-refractivity contribution >= 4 is 17.2 Å². The number of fused-ring (bicyclic) bond motifs is 3. The Labute approximate surface area is 111 Å². The molecule has 3 aromatic rings. The Hall–Kier alpha value is -2.36. The SMILES string of the molecule is Cc1cc2c(cc1-n1ccc[n+]1C)nc1n2C=CC1. The van der Waals surface area contributed by atoms with Crippen LogP contribution >= 0.6 is 0 Å². The molecule has 1 aliphatic rings. The molecular weight excluding hydrogens is 236 g/mol. The molecule has 2 aromatic heterocycles. The maximum atomic E-state index is 4.71. The van der Waals surface area contributed by atoms with Gasteiger partial charge in [-0.1, -0.05) is 6.08 Å². The summed E-state index contributed by atoms with van der Waals surface area (Å²) in [6, 6.07) is 6.43. The van der Waals surface area contributed by atoms with E-state index in [0.29, 0.717) is 0 Å². The molecular formula is C15H15N4+. The fourth-order valence-electron chi connectivity index (χ4n) is 2.78. The van der Waals surface area contributed by atoms with E-state index in [1.807, 2.05) is 19.3 Å². The zero-order chi connectivity index (χ0) is 13.0. The first-order valence-electron chi connectivity index (χ1n) is 6.46. The maximum Gasteiger partial charge on any atom is 0.195 e. The normalized spacial score (nSPS) is 13.4. The summed E-state index contributed by atoms with van der Waals surface area (Å²) < 4.78 is 6.38. The van der Waals surface area contributed by atoms with Crippen LogP contribution < -0.4 is 4.68 Å². The minimum absolute atomic E-state index is 0.931. The number of aryl methyl sites for hydroxylation is 2. The van der Waals surface area contributed by atoms with Gasteiger partial charge in [0.15, 0.2) is 13.2 Å². The van der Waals surface area contributed by atoms with E-state index >= 15 is 0 Å². The Bertz CT molecular complexity index is 820. The van der Waals surface area contributed by atoms with Crippen LogP contribution in [0.15, 0.2) is 36.7 Å². The van der Waals surface area contributed by atoms with Crippen LogP contribution in [-0.2, 0) is 13.5 Å². The summed E-state index contributed by atoms with van der Waals surface area (Å²) in [7, 11) is 2.04. The van der Waals surface area contributed by atoms with Gasteiger partial charge in [-0.2, -0.15) is 0 Å². The van der Waals surface area contributed by atoms with Crippen LogP contribution in [0.3, 0.4) is 0 Å². The third-order valence-corrected chi connectivity index (χ3v) is 3.75. The first-order valence-corrected chi connectivity index (χ1v) is 6.46. The summed E-state index contributed by atoms with van der Waals surface area (Å²) in [5.41, 5.74) is 4.69. The molecule has 0 amide bonds. The van der Waals surface area contributed by atoms with Crippen molar-refractivity contribution < 1.29 is 4.68 Å². The van der Waals surface area contributed by atoms with Crippen molar-refractivity contribution in [2.24, 2.45) is 7.05 Å². The standard InChI is InChI=1S/C15H15N4/c1-11-9-14-12(16-15-5-3-7-18(14)15)10-13(11)19-8-4-6-17(19)2/h3-4,6-10H,5H2,1-2H3/q+1. The number of rotatable bonds is 1. The minimum atomic E-state index is 0.931. The number of hydrogen-bond donors (Lipinski definition) is 0. The molecule has 4 rings (SSSR count). The Morgan fingerprint density at radius 1 is 1.32 bits per heavy atom. The van der Waals surface area contributed by atoms with E-state index in [1.54, 1.807) is 0 Å². The quantitative estimate of drug-likeness (QED) is 0.607. The molecule has 0 N–H and O–H groups in total. The molecule has 0 atom stereocenters. The molecule has 1 aromatic carbocycles. The van der Waals surface area contributed by atoms with Crippen molar-refractivity contribution in [3.8, 4) is 5.69 Å². The number of imidazole rings is 1. The molecule has 0 fully saturated rings. The molecule has 4 heteroatoms. The lowest BCUT2D eigenvalue weighted by atomic mass is 10.1. The molecule has 19 heavy (non-hydrogen) atoms. The van der Waals surface area contributed by atoms with E-state index in [2.05, 4.69) is 51.5 Å². The highest BCUT2D eigenvalue weighted by Gasteiger charge is 2.16. The van der Waals surface area contributed by atoms with Gasteiger partial charge in [-0.15, -0.1) is 9.36 Å². The predicted octanol–water partition coefficient (Wildman–Crippen LogP) is 1.99.